The fourth-order valence-corrected chi connectivity index (χ4v) is 5.03. The lowest BCUT2D eigenvalue weighted by Gasteiger charge is -2.40. The van der Waals surface area contributed by atoms with Gasteiger partial charge in [0.2, 0.25) is 5.91 Å². The Bertz CT molecular complexity index is 902. The van der Waals surface area contributed by atoms with E-state index in [1.807, 2.05) is 24.3 Å². The normalized spacial score (nSPS) is 22.7. The molecule has 1 atom stereocenters. The van der Waals surface area contributed by atoms with Crippen LogP contribution in [-0.4, -0.2) is 53.1 Å². The first kappa shape index (κ1) is 22.6. The van der Waals surface area contributed by atoms with E-state index in [4.69, 9.17) is 18.9 Å². The Morgan fingerprint density at radius 3 is 2.31 bits per heavy atom. The lowest BCUT2D eigenvalue weighted by Crippen LogP contribution is -2.53. The van der Waals surface area contributed by atoms with Gasteiger partial charge < -0.3 is 24.3 Å². The van der Waals surface area contributed by atoms with Gasteiger partial charge in [-0.2, -0.15) is 0 Å². The second kappa shape index (κ2) is 9.92. The topological polar surface area (TPSA) is 66.0 Å². The van der Waals surface area contributed by atoms with E-state index in [0.717, 1.165) is 25.0 Å². The van der Waals surface area contributed by atoms with Crippen LogP contribution in [0.5, 0.6) is 11.5 Å². The van der Waals surface area contributed by atoms with Crippen molar-refractivity contribution < 1.29 is 23.7 Å². The van der Waals surface area contributed by atoms with Gasteiger partial charge in [0.05, 0.1) is 26.2 Å². The van der Waals surface area contributed by atoms with Crippen molar-refractivity contribution in [2.45, 2.75) is 36.5 Å². The molecule has 2 heterocycles. The summed E-state index contributed by atoms with van der Waals surface area (Å²) in [5.74, 6) is 1.32. The molecule has 2 aliphatic heterocycles. The van der Waals surface area contributed by atoms with Crippen molar-refractivity contribution in [3.05, 3.63) is 59.7 Å². The Labute approximate surface area is 190 Å². The van der Waals surface area contributed by atoms with Gasteiger partial charge in [-0.05, 0) is 48.9 Å². The van der Waals surface area contributed by atoms with Gasteiger partial charge in [-0.15, -0.1) is 0 Å². The van der Waals surface area contributed by atoms with Crippen molar-refractivity contribution in [2.24, 2.45) is 0 Å². The molecular formula is C26H33NO5. The second-order valence-electron chi connectivity index (χ2n) is 8.75. The van der Waals surface area contributed by atoms with Gasteiger partial charge in [-0.25, -0.2) is 0 Å². The fraction of sp³-hybridized carbons (Fsp3) is 0.500. The van der Waals surface area contributed by atoms with Gasteiger partial charge in [-0.1, -0.05) is 36.4 Å². The third-order valence-corrected chi connectivity index (χ3v) is 7.01. The number of carbonyl (C=O) groups excluding carboxylic acids is 1. The number of nitrogens with one attached hydrogen (secondary N) is 1. The number of hydrogen-bond donors (Lipinski definition) is 1. The molecule has 2 fully saturated rings. The largest absolute Gasteiger partial charge is 0.493 e. The number of methoxy groups -OCH3 is 2. The Balaban J connectivity index is 1.61. The van der Waals surface area contributed by atoms with Crippen LogP contribution in [0.1, 0.15) is 36.8 Å². The number of benzene rings is 2. The summed E-state index contributed by atoms with van der Waals surface area (Å²) in [7, 11) is 3.23. The van der Waals surface area contributed by atoms with Crippen molar-refractivity contribution >= 4 is 5.91 Å². The molecule has 2 aromatic rings. The van der Waals surface area contributed by atoms with Gasteiger partial charge >= 0.3 is 0 Å². The highest BCUT2D eigenvalue weighted by Crippen LogP contribution is 2.40. The van der Waals surface area contributed by atoms with E-state index < -0.39 is 5.41 Å². The zero-order chi connectivity index (χ0) is 22.4. The molecule has 1 amide bonds. The quantitative estimate of drug-likeness (QED) is 0.714. The SMILES string of the molecule is COc1ccc(C2(C(=O)NC[C@]3(c4ccccc4)CCCOC3)CCOCC2)cc1OC. The third-order valence-electron chi connectivity index (χ3n) is 7.01. The van der Waals surface area contributed by atoms with Crippen molar-refractivity contribution in [3.63, 3.8) is 0 Å². The molecule has 172 valence electrons. The Morgan fingerprint density at radius 1 is 0.906 bits per heavy atom. The van der Waals surface area contributed by atoms with E-state index in [9.17, 15) is 4.79 Å². The molecule has 0 radical (unpaired) electrons. The van der Waals surface area contributed by atoms with Crippen LogP contribution in [0.15, 0.2) is 48.5 Å². The third kappa shape index (κ3) is 4.34. The predicted molar refractivity (Wildman–Crippen MR) is 122 cm³/mol. The van der Waals surface area contributed by atoms with E-state index in [-0.39, 0.29) is 11.3 Å². The molecule has 0 aliphatic carbocycles. The second-order valence-corrected chi connectivity index (χ2v) is 8.75. The Kier molecular flexibility index (Phi) is 7.01. The minimum absolute atomic E-state index is 0.0360. The lowest BCUT2D eigenvalue weighted by atomic mass is 9.72. The van der Waals surface area contributed by atoms with E-state index >= 15 is 0 Å². The molecule has 32 heavy (non-hydrogen) atoms. The van der Waals surface area contributed by atoms with Gasteiger partial charge in [0.15, 0.2) is 11.5 Å². The predicted octanol–water partition coefficient (Wildman–Crippen LogP) is 3.62. The van der Waals surface area contributed by atoms with Gasteiger partial charge in [-0.3, -0.25) is 4.79 Å². The van der Waals surface area contributed by atoms with Gasteiger partial charge in [0, 0.05) is 31.8 Å². The molecule has 2 saturated heterocycles. The molecule has 0 aromatic heterocycles. The molecule has 0 unspecified atom stereocenters. The molecule has 0 spiro atoms. The summed E-state index contributed by atoms with van der Waals surface area (Å²) in [6, 6.07) is 16.2. The van der Waals surface area contributed by atoms with E-state index in [1.54, 1.807) is 14.2 Å². The average Bonchev–Trinajstić information content (AvgIpc) is 2.88. The van der Waals surface area contributed by atoms with Crippen molar-refractivity contribution in [2.75, 3.05) is 47.2 Å². The number of rotatable bonds is 7. The summed E-state index contributed by atoms with van der Waals surface area (Å²) in [5.41, 5.74) is 1.28. The summed E-state index contributed by atoms with van der Waals surface area (Å²) in [4.78, 5) is 13.8. The van der Waals surface area contributed by atoms with Crippen LogP contribution in [0.3, 0.4) is 0 Å². The summed E-state index contributed by atoms with van der Waals surface area (Å²) in [5, 5.41) is 3.32. The Hall–Kier alpha value is -2.57. The average molecular weight is 440 g/mol. The maximum absolute atomic E-state index is 13.8. The zero-order valence-corrected chi connectivity index (χ0v) is 19.0. The van der Waals surface area contributed by atoms with Crippen LogP contribution < -0.4 is 14.8 Å². The molecule has 2 aromatic carbocycles. The molecule has 1 N–H and O–H groups in total. The van der Waals surface area contributed by atoms with E-state index in [1.165, 1.54) is 5.56 Å². The highest BCUT2D eigenvalue weighted by atomic mass is 16.5. The zero-order valence-electron chi connectivity index (χ0n) is 19.0. The highest BCUT2D eigenvalue weighted by Gasteiger charge is 2.44. The van der Waals surface area contributed by atoms with Gasteiger partial charge in [0.1, 0.15) is 0 Å². The molecule has 0 bridgehead atoms. The first-order valence-corrected chi connectivity index (χ1v) is 11.4. The van der Waals surface area contributed by atoms with Crippen molar-refractivity contribution in [1.82, 2.24) is 5.32 Å². The van der Waals surface area contributed by atoms with Crippen LogP contribution in [0.2, 0.25) is 0 Å². The van der Waals surface area contributed by atoms with Gasteiger partial charge in [0.25, 0.3) is 0 Å². The lowest BCUT2D eigenvalue weighted by molar-refractivity contribution is -0.131. The molecular weight excluding hydrogens is 406 g/mol. The van der Waals surface area contributed by atoms with Crippen LogP contribution >= 0.6 is 0 Å². The van der Waals surface area contributed by atoms with Crippen LogP contribution in [0.25, 0.3) is 0 Å². The van der Waals surface area contributed by atoms with Crippen LogP contribution in [0.4, 0.5) is 0 Å². The fourth-order valence-electron chi connectivity index (χ4n) is 5.03. The first-order valence-electron chi connectivity index (χ1n) is 11.4. The monoisotopic (exact) mass is 439 g/mol. The maximum Gasteiger partial charge on any atom is 0.230 e. The smallest absolute Gasteiger partial charge is 0.230 e. The number of ether oxygens (including phenoxy) is 4. The summed E-state index contributed by atoms with van der Waals surface area (Å²) < 4.78 is 22.4. The number of hydrogen-bond acceptors (Lipinski definition) is 5. The highest BCUT2D eigenvalue weighted by molar-refractivity contribution is 5.88. The van der Waals surface area contributed by atoms with E-state index in [0.29, 0.717) is 50.7 Å². The summed E-state index contributed by atoms with van der Waals surface area (Å²) >= 11 is 0. The van der Waals surface area contributed by atoms with Crippen molar-refractivity contribution in [3.8, 4) is 11.5 Å². The van der Waals surface area contributed by atoms with Crippen molar-refractivity contribution in [1.29, 1.82) is 0 Å². The number of carbonyl (C=O) groups is 1. The first-order chi connectivity index (χ1) is 15.6. The maximum atomic E-state index is 13.8. The van der Waals surface area contributed by atoms with E-state index in [2.05, 4.69) is 29.6 Å². The Morgan fingerprint density at radius 2 is 1.66 bits per heavy atom. The summed E-state index contributed by atoms with van der Waals surface area (Å²) in [6.07, 6.45) is 3.23. The molecule has 4 rings (SSSR count). The molecule has 0 saturated carbocycles. The molecule has 6 heteroatoms. The van der Waals surface area contributed by atoms with Crippen LogP contribution in [0, 0.1) is 0 Å². The minimum Gasteiger partial charge on any atom is -0.493 e. The van der Waals surface area contributed by atoms with Crippen LogP contribution in [-0.2, 0) is 25.1 Å². The molecule has 2 aliphatic rings. The summed E-state index contributed by atoms with van der Waals surface area (Å²) in [6.45, 7) is 3.04. The number of amides is 1. The minimum atomic E-state index is -0.662. The molecule has 6 nitrogen and oxygen atoms in total. The standard InChI is InChI=1S/C26H33NO5/c1-29-22-10-9-21(17-23(22)30-2)26(12-15-31-16-13-26)24(28)27-18-25(11-6-14-32-19-25)20-7-4-3-5-8-20/h3-5,7-10,17H,6,11-16,18-19H2,1-2H3,(H,27,28)/t25-/m1/s1.